The Hall–Kier alpha value is -2.62. The Morgan fingerprint density at radius 3 is 2.50 bits per heavy atom. The van der Waals surface area contributed by atoms with E-state index in [0.29, 0.717) is 11.4 Å². The summed E-state index contributed by atoms with van der Waals surface area (Å²) in [4.78, 5) is 11.9. The Morgan fingerprint density at radius 2 is 1.90 bits per heavy atom. The van der Waals surface area contributed by atoms with Gasteiger partial charge in [-0.3, -0.25) is 4.79 Å². The summed E-state index contributed by atoms with van der Waals surface area (Å²) in [5.74, 6) is -0.625. The Morgan fingerprint density at radius 1 is 1.20 bits per heavy atom. The van der Waals surface area contributed by atoms with Crippen LogP contribution in [0.1, 0.15) is 15.9 Å². The Balaban J connectivity index is 2.17. The number of hydrogen-bond acceptors (Lipinski definition) is 3. The van der Waals surface area contributed by atoms with Gasteiger partial charge in [-0.15, -0.1) is 0 Å². The average molecular weight is 271 g/mol. The molecule has 102 valence electrons. The number of anilines is 1. The minimum atomic E-state index is -0.601. The summed E-state index contributed by atoms with van der Waals surface area (Å²) in [6.07, 6.45) is 2.95. The van der Waals surface area contributed by atoms with Gasteiger partial charge in [-0.05, 0) is 35.9 Å². The van der Waals surface area contributed by atoms with Crippen molar-refractivity contribution in [1.29, 1.82) is 0 Å². The lowest BCUT2D eigenvalue weighted by atomic mass is 10.1. The minimum absolute atomic E-state index is 0.0116. The van der Waals surface area contributed by atoms with Crippen molar-refractivity contribution in [3.8, 4) is 5.75 Å². The number of methoxy groups -OCH3 is 1. The number of rotatable bonds is 4. The second kappa shape index (κ2) is 6.02. The molecule has 0 bridgehead atoms. The summed E-state index contributed by atoms with van der Waals surface area (Å²) in [5.41, 5.74) is 7.05. The number of nitrogen functional groups attached to an aromatic ring is 1. The maximum atomic E-state index is 13.7. The summed E-state index contributed by atoms with van der Waals surface area (Å²) in [6, 6.07) is 11.2. The molecular weight excluding hydrogens is 257 g/mol. The number of ether oxygens (including phenoxy) is 1. The molecule has 2 aromatic rings. The molecule has 2 aromatic carbocycles. The zero-order valence-electron chi connectivity index (χ0n) is 11.0. The number of carbonyl (C=O) groups is 1. The molecule has 0 aliphatic carbocycles. The van der Waals surface area contributed by atoms with E-state index in [9.17, 15) is 9.18 Å². The van der Waals surface area contributed by atoms with E-state index in [1.165, 1.54) is 25.3 Å². The van der Waals surface area contributed by atoms with Gasteiger partial charge >= 0.3 is 0 Å². The molecule has 4 heteroatoms. The molecule has 0 unspecified atom stereocenters. The van der Waals surface area contributed by atoms with Gasteiger partial charge in [0.05, 0.1) is 12.7 Å². The van der Waals surface area contributed by atoms with Crippen LogP contribution in [0.4, 0.5) is 10.1 Å². The van der Waals surface area contributed by atoms with Crippen molar-refractivity contribution in [3.05, 3.63) is 65.5 Å². The minimum Gasteiger partial charge on any atom is -0.497 e. The van der Waals surface area contributed by atoms with Gasteiger partial charge in [-0.25, -0.2) is 4.39 Å². The normalized spacial score (nSPS) is 10.7. The van der Waals surface area contributed by atoms with Crippen molar-refractivity contribution >= 4 is 17.5 Å². The summed E-state index contributed by atoms with van der Waals surface area (Å²) in [6.45, 7) is 0. The number of allylic oxidation sites excluding steroid dienone is 1. The fraction of sp³-hybridized carbons (Fsp3) is 0.0625. The third kappa shape index (κ3) is 3.23. The summed E-state index contributed by atoms with van der Waals surface area (Å²) in [7, 11) is 1.44. The lowest BCUT2D eigenvalue weighted by molar-refractivity contribution is 0.104. The molecule has 0 radical (unpaired) electrons. The van der Waals surface area contributed by atoms with E-state index in [-0.39, 0.29) is 5.56 Å². The zero-order valence-corrected chi connectivity index (χ0v) is 11.0. The molecule has 0 saturated carbocycles. The Labute approximate surface area is 116 Å². The van der Waals surface area contributed by atoms with Gasteiger partial charge in [0.2, 0.25) is 0 Å². The molecular formula is C16H14FNO2. The van der Waals surface area contributed by atoms with Gasteiger partial charge < -0.3 is 10.5 Å². The number of carbonyl (C=O) groups excluding carboxylic acids is 1. The first kappa shape index (κ1) is 13.8. The Kier molecular flexibility index (Phi) is 4.15. The van der Waals surface area contributed by atoms with Crippen LogP contribution in [0.2, 0.25) is 0 Å². The standard InChI is InChI=1S/C16H14FNO2/c1-20-13-7-8-14(15(17)10-13)16(19)9-4-11-2-5-12(18)6-3-11/h2-10H,18H2,1H3/b9-4+. The predicted molar refractivity (Wildman–Crippen MR) is 77.2 cm³/mol. The first-order chi connectivity index (χ1) is 9.60. The molecule has 2 N–H and O–H groups in total. The SMILES string of the molecule is COc1ccc(C(=O)/C=C/c2ccc(N)cc2)c(F)c1. The van der Waals surface area contributed by atoms with Crippen LogP contribution in [0.3, 0.4) is 0 Å². The van der Waals surface area contributed by atoms with Crippen molar-refractivity contribution < 1.29 is 13.9 Å². The molecule has 0 aliphatic rings. The highest BCUT2D eigenvalue weighted by Gasteiger charge is 2.09. The highest BCUT2D eigenvalue weighted by Crippen LogP contribution is 2.17. The van der Waals surface area contributed by atoms with Gasteiger partial charge in [0, 0.05) is 11.8 Å². The van der Waals surface area contributed by atoms with Crippen LogP contribution in [0.5, 0.6) is 5.75 Å². The van der Waals surface area contributed by atoms with E-state index in [1.807, 2.05) is 0 Å². The van der Waals surface area contributed by atoms with Crippen molar-refractivity contribution in [2.75, 3.05) is 12.8 Å². The lowest BCUT2D eigenvalue weighted by Crippen LogP contribution is -1.99. The molecule has 20 heavy (non-hydrogen) atoms. The molecule has 0 aromatic heterocycles. The fourth-order valence-electron chi connectivity index (χ4n) is 1.69. The maximum absolute atomic E-state index is 13.7. The van der Waals surface area contributed by atoms with Crippen LogP contribution >= 0.6 is 0 Å². The van der Waals surface area contributed by atoms with Crippen LogP contribution in [0.25, 0.3) is 6.08 Å². The van der Waals surface area contributed by atoms with E-state index in [0.717, 1.165) is 5.56 Å². The van der Waals surface area contributed by atoms with Crippen LogP contribution in [-0.2, 0) is 0 Å². The number of halogens is 1. The van der Waals surface area contributed by atoms with Crippen molar-refractivity contribution in [2.24, 2.45) is 0 Å². The van der Waals surface area contributed by atoms with Crippen LogP contribution in [0.15, 0.2) is 48.5 Å². The summed E-state index contributed by atoms with van der Waals surface area (Å²) < 4.78 is 18.6. The summed E-state index contributed by atoms with van der Waals surface area (Å²) in [5, 5.41) is 0. The first-order valence-corrected chi connectivity index (χ1v) is 6.01. The van der Waals surface area contributed by atoms with Crippen molar-refractivity contribution in [1.82, 2.24) is 0 Å². The lowest BCUT2D eigenvalue weighted by Gasteiger charge is -2.02. The number of ketones is 1. The molecule has 0 fully saturated rings. The second-order valence-electron chi connectivity index (χ2n) is 4.21. The zero-order chi connectivity index (χ0) is 14.5. The maximum Gasteiger partial charge on any atom is 0.188 e. The van der Waals surface area contributed by atoms with Crippen LogP contribution in [-0.4, -0.2) is 12.9 Å². The molecule has 0 amide bonds. The van der Waals surface area contributed by atoms with E-state index in [2.05, 4.69) is 0 Å². The monoisotopic (exact) mass is 271 g/mol. The molecule has 0 atom stereocenters. The van der Waals surface area contributed by atoms with E-state index >= 15 is 0 Å². The van der Waals surface area contributed by atoms with Crippen molar-refractivity contribution in [3.63, 3.8) is 0 Å². The Bertz CT molecular complexity index is 648. The van der Waals surface area contributed by atoms with Crippen LogP contribution in [0, 0.1) is 5.82 Å². The van der Waals surface area contributed by atoms with E-state index in [4.69, 9.17) is 10.5 Å². The summed E-state index contributed by atoms with van der Waals surface area (Å²) >= 11 is 0. The smallest absolute Gasteiger partial charge is 0.188 e. The van der Waals surface area contributed by atoms with E-state index in [1.54, 1.807) is 36.4 Å². The number of benzene rings is 2. The molecule has 0 saturated heterocycles. The molecule has 2 rings (SSSR count). The third-order valence-corrected chi connectivity index (χ3v) is 2.81. The second-order valence-corrected chi connectivity index (χ2v) is 4.21. The van der Waals surface area contributed by atoms with Gasteiger partial charge in [-0.1, -0.05) is 18.2 Å². The van der Waals surface area contributed by atoms with Crippen LogP contribution < -0.4 is 10.5 Å². The highest BCUT2D eigenvalue weighted by molar-refractivity contribution is 6.07. The van der Waals surface area contributed by atoms with E-state index < -0.39 is 11.6 Å². The van der Waals surface area contributed by atoms with Gasteiger partial charge in [0.25, 0.3) is 0 Å². The topological polar surface area (TPSA) is 52.3 Å². The molecule has 3 nitrogen and oxygen atoms in total. The quantitative estimate of drug-likeness (QED) is 0.527. The number of hydrogen-bond donors (Lipinski definition) is 1. The van der Waals surface area contributed by atoms with Gasteiger partial charge in [0.1, 0.15) is 11.6 Å². The molecule has 0 heterocycles. The largest absolute Gasteiger partial charge is 0.497 e. The first-order valence-electron chi connectivity index (χ1n) is 6.01. The molecule has 0 aliphatic heterocycles. The highest BCUT2D eigenvalue weighted by atomic mass is 19.1. The average Bonchev–Trinajstić information content (AvgIpc) is 2.46. The molecule has 0 spiro atoms. The fourth-order valence-corrected chi connectivity index (χ4v) is 1.69. The van der Waals surface area contributed by atoms with Gasteiger partial charge in [-0.2, -0.15) is 0 Å². The predicted octanol–water partition coefficient (Wildman–Crippen LogP) is 3.31. The number of nitrogens with two attached hydrogens (primary N) is 1. The van der Waals surface area contributed by atoms with Gasteiger partial charge in [0.15, 0.2) is 5.78 Å². The van der Waals surface area contributed by atoms with Crippen molar-refractivity contribution in [2.45, 2.75) is 0 Å². The third-order valence-electron chi connectivity index (χ3n) is 2.81.